The highest BCUT2D eigenvalue weighted by Gasteiger charge is 2.47. The van der Waals surface area contributed by atoms with E-state index in [1.807, 2.05) is 0 Å². The number of anilines is 1. The molecule has 1 amide bonds. The fourth-order valence-electron chi connectivity index (χ4n) is 2.04. The highest BCUT2D eigenvalue weighted by atomic mass is 16.4. The number of pyridine rings is 1. The first-order valence-corrected chi connectivity index (χ1v) is 6.78. The molecule has 0 aliphatic heterocycles. The molecule has 22 heavy (non-hydrogen) atoms. The molecule has 1 atom stereocenters. The number of aromatic nitrogens is 1. The number of carbonyl (C=O) groups is 3. The lowest BCUT2D eigenvalue weighted by Crippen LogP contribution is -2.60. The molecule has 0 fully saturated rings. The normalized spacial score (nSPS) is 12.5. The van der Waals surface area contributed by atoms with Crippen LogP contribution in [0.4, 0.5) is 5.69 Å². The van der Waals surface area contributed by atoms with Crippen LogP contribution in [0.2, 0.25) is 0 Å². The molecule has 0 aliphatic rings. The van der Waals surface area contributed by atoms with E-state index in [9.17, 15) is 24.6 Å². The average Bonchev–Trinajstić information content (AvgIpc) is 2.46. The third kappa shape index (κ3) is 3.33. The number of amides is 1. The monoisotopic (exact) mass is 309 g/mol. The summed E-state index contributed by atoms with van der Waals surface area (Å²) in [6.45, 7) is 3.10. The van der Waals surface area contributed by atoms with Crippen LogP contribution in [0.5, 0.6) is 0 Å². The van der Waals surface area contributed by atoms with Gasteiger partial charge in [0.2, 0.25) is 11.4 Å². The highest BCUT2D eigenvalue weighted by molar-refractivity contribution is 6.06. The van der Waals surface area contributed by atoms with Gasteiger partial charge in [-0.1, -0.05) is 13.8 Å². The summed E-state index contributed by atoms with van der Waals surface area (Å²) in [6, 6.07) is 3.12. The van der Waals surface area contributed by atoms with Crippen molar-refractivity contribution in [3.8, 4) is 0 Å². The zero-order chi connectivity index (χ0) is 16.9. The summed E-state index contributed by atoms with van der Waals surface area (Å²) in [5.74, 6) is -4.69. The molecular weight excluding hydrogens is 290 g/mol. The van der Waals surface area contributed by atoms with Crippen LogP contribution in [-0.4, -0.2) is 38.6 Å². The third-order valence-corrected chi connectivity index (χ3v) is 3.49. The number of carbonyl (C=O) groups excluding carboxylic acids is 1. The second-order valence-electron chi connectivity index (χ2n) is 4.84. The van der Waals surface area contributed by atoms with Crippen molar-refractivity contribution < 1.29 is 24.6 Å². The number of rotatable bonds is 7. The van der Waals surface area contributed by atoms with Crippen LogP contribution in [0, 0.1) is 0 Å². The quantitative estimate of drug-likeness (QED) is 0.540. The van der Waals surface area contributed by atoms with Gasteiger partial charge in [-0.15, -0.1) is 0 Å². The van der Waals surface area contributed by atoms with Crippen LogP contribution in [-0.2, 0) is 14.4 Å². The number of nitrogens with two attached hydrogens (primary N) is 1. The van der Waals surface area contributed by atoms with Gasteiger partial charge in [0, 0.05) is 0 Å². The Morgan fingerprint density at radius 2 is 1.86 bits per heavy atom. The van der Waals surface area contributed by atoms with E-state index in [4.69, 9.17) is 5.73 Å². The second-order valence-corrected chi connectivity index (χ2v) is 4.84. The van der Waals surface area contributed by atoms with Gasteiger partial charge in [-0.3, -0.25) is 9.78 Å². The summed E-state index contributed by atoms with van der Waals surface area (Å²) in [7, 11) is 0. The fraction of sp³-hybridized carbons (Fsp3) is 0.429. The molecule has 0 saturated heterocycles. The molecular formula is C14H19N3O5. The van der Waals surface area contributed by atoms with Crippen molar-refractivity contribution in [3.05, 3.63) is 24.0 Å². The maximum absolute atomic E-state index is 12.3. The Morgan fingerprint density at radius 1 is 1.27 bits per heavy atom. The number of aliphatic carboxylic acids is 2. The highest BCUT2D eigenvalue weighted by Crippen LogP contribution is 2.21. The molecule has 8 nitrogen and oxygen atoms in total. The molecule has 0 bridgehead atoms. The van der Waals surface area contributed by atoms with Crippen molar-refractivity contribution in [2.45, 2.75) is 38.1 Å². The summed E-state index contributed by atoms with van der Waals surface area (Å²) in [4.78, 5) is 39.0. The standard InChI is InChI=1S/C14H19N3O5/c1-3-9(10-6-5-8(15)7-16-10)11(18)17-14(4-2,12(19)20)13(21)22/h5-7,9H,3-4,15H2,1-2H3,(H,17,18)(H,19,20)(H,21,22). The molecule has 1 rings (SSSR count). The Bertz CT molecular complexity index is 556. The molecule has 0 aliphatic carbocycles. The van der Waals surface area contributed by atoms with Gasteiger partial charge in [0.25, 0.3) is 0 Å². The van der Waals surface area contributed by atoms with E-state index >= 15 is 0 Å². The Kier molecular flexibility index (Phi) is 5.44. The molecule has 1 aromatic heterocycles. The summed E-state index contributed by atoms with van der Waals surface area (Å²) >= 11 is 0. The van der Waals surface area contributed by atoms with Crippen LogP contribution in [0.1, 0.15) is 38.3 Å². The predicted octanol–water partition coefficient (Wildman–Crippen LogP) is 0.592. The minimum absolute atomic E-state index is 0.283. The first-order chi connectivity index (χ1) is 10.3. The van der Waals surface area contributed by atoms with E-state index in [1.54, 1.807) is 19.1 Å². The predicted molar refractivity (Wildman–Crippen MR) is 78.1 cm³/mol. The molecule has 1 heterocycles. The van der Waals surface area contributed by atoms with E-state index in [1.165, 1.54) is 13.1 Å². The van der Waals surface area contributed by atoms with E-state index in [2.05, 4.69) is 10.3 Å². The molecule has 0 radical (unpaired) electrons. The zero-order valence-electron chi connectivity index (χ0n) is 12.4. The number of carboxylic acid groups (broad SMARTS) is 2. The van der Waals surface area contributed by atoms with E-state index < -0.39 is 29.3 Å². The van der Waals surface area contributed by atoms with Crippen molar-refractivity contribution in [2.75, 3.05) is 5.73 Å². The van der Waals surface area contributed by atoms with Crippen LogP contribution in [0.25, 0.3) is 0 Å². The van der Waals surface area contributed by atoms with Gasteiger partial charge in [0.15, 0.2) is 0 Å². The smallest absolute Gasteiger partial charge is 0.341 e. The molecule has 1 aromatic rings. The molecule has 0 spiro atoms. The summed E-state index contributed by atoms with van der Waals surface area (Å²) in [6.07, 6.45) is 1.43. The Labute approximate surface area is 127 Å². The minimum Gasteiger partial charge on any atom is -0.479 e. The van der Waals surface area contributed by atoms with Crippen molar-refractivity contribution >= 4 is 23.5 Å². The van der Waals surface area contributed by atoms with E-state index in [-0.39, 0.29) is 6.42 Å². The Morgan fingerprint density at radius 3 is 2.23 bits per heavy atom. The zero-order valence-corrected chi connectivity index (χ0v) is 12.4. The third-order valence-electron chi connectivity index (χ3n) is 3.49. The molecule has 5 N–H and O–H groups in total. The summed E-state index contributed by atoms with van der Waals surface area (Å²) in [5, 5.41) is 20.5. The fourth-order valence-corrected chi connectivity index (χ4v) is 2.04. The number of nitrogens with zero attached hydrogens (tertiary/aromatic N) is 1. The first kappa shape index (κ1) is 17.4. The Balaban J connectivity index is 3.08. The molecule has 0 aromatic carbocycles. The van der Waals surface area contributed by atoms with Gasteiger partial charge in [0.1, 0.15) is 0 Å². The number of nitrogen functional groups attached to an aromatic ring is 1. The van der Waals surface area contributed by atoms with Gasteiger partial charge in [0.05, 0.1) is 23.5 Å². The number of hydrogen-bond acceptors (Lipinski definition) is 5. The lowest BCUT2D eigenvalue weighted by molar-refractivity contribution is -0.161. The minimum atomic E-state index is -2.35. The summed E-state index contributed by atoms with van der Waals surface area (Å²) in [5.41, 5.74) is 4.01. The van der Waals surface area contributed by atoms with Gasteiger partial charge in [-0.05, 0) is 25.0 Å². The van der Waals surface area contributed by atoms with Gasteiger partial charge in [-0.25, -0.2) is 9.59 Å². The van der Waals surface area contributed by atoms with Crippen molar-refractivity contribution in [1.82, 2.24) is 10.3 Å². The van der Waals surface area contributed by atoms with E-state index in [0.717, 1.165) is 0 Å². The number of carboxylic acids is 2. The first-order valence-electron chi connectivity index (χ1n) is 6.78. The molecule has 1 unspecified atom stereocenters. The molecule has 0 saturated carbocycles. The van der Waals surface area contributed by atoms with Gasteiger partial charge < -0.3 is 21.3 Å². The topological polar surface area (TPSA) is 143 Å². The van der Waals surface area contributed by atoms with Crippen LogP contribution in [0.3, 0.4) is 0 Å². The maximum atomic E-state index is 12.3. The van der Waals surface area contributed by atoms with Gasteiger partial charge in [-0.2, -0.15) is 0 Å². The number of nitrogens with one attached hydrogen (secondary N) is 1. The molecule has 120 valence electrons. The molecule has 8 heteroatoms. The lowest BCUT2D eigenvalue weighted by Gasteiger charge is -2.26. The Hall–Kier alpha value is -2.64. The second kappa shape index (κ2) is 6.88. The SMILES string of the molecule is CCC(C(=O)NC(CC)(C(=O)O)C(=O)O)c1ccc(N)cn1. The lowest BCUT2D eigenvalue weighted by atomic mass is 9.93. The van der Waals surface area contributed by atoms with Crippen LogP contribution in [0.15, 0.2) is 18.3 Å². The number of hydrogen-bond donors (Lipinski definition) is 4. The average molecular weight is 309 g/mol. The van der Waals surface area contributed by atoms with Crippen molar-refractivity contribution in [3.63, 3.8) is 0 Å². The van der Waals surface area contributed by atoms with Crippen LogP contribution >= 0.6 is 0 Å². The van der Waals surface area contributed by atoms with Crippen molar-refractivity contribution in [2.24, 2.45) is 0 Å². The largest absolute Gasteiger partial charge is 0.479 e. The van der Waals surface area contributed by atoms with Gasteiger partial charge >= 0.3 is 11.9 Å². The van der Waals surface area contributed by atoms with Crippen LogP contribution < -0.4 is 11.1 Å². The van der Waals surface area contributed by atoms with E-state index in [0.29, 0.717) is 17.8 Å². The van der Waals surface area contributed by atoms with Crippen molar-refractivity contribution in [1.29, 1.82) is 0 Å². The summed E-state index contributed by atoms with van der Waals surface area (Å²) < 4.78 is 0. The maximum Gasteiger partial charge on any atom is 0.341 e.